The van der Waals surface area contributed by atoms with Crippen LogP contribution in [0.4, 0.5) is 11.4 Å². The lowest BCUT2D eigenvalue weighted by Crippen LogP contribution is -2.36. The average molecular weight is 399 g/mol. The Morgan fingerprint density at radius 2 is 1.83 bits per heavy atom. The van der Waals surface area contributed by atoms with Gasteiger partial charge < -0.3 is 24.3 Å². The highest BCUT2D eigenvalue weighted by Crippen LogP contribution is 2.20. The van der Waals surface area contributed by atoms with Crippen molar-refractivity contribution in [2.75, 3.05) is 36.5 Å². The summed E-state index contributed by atoms with van der Waals surface area (Å²) in [5.41, 5.74) is 4.10. The zero-order valence-electron chi connectivity index (χ0n) is 17.5. The Hall–Kier alpha value is -2.80. The molecule has 7 nitrogen and oxygen atoms in total. The van der Waals surface area contributed by atoms with E-state index in [4.69, 9.17) is 9.47 Å². The van der Waals surface area contributed by atoms with Crippen molar-refractivity contribution in [2.24, 2.45) is 0 Å². The lowest BCUT2D eigenvalue weighted by molar-refractivity contribution is -0.123. The molecular formula is C22H29N3O4. The predicted molar refractivity (Wildman–Crippen MR) is 113 cm³/mol. The first-order valence-corrected chi connectivity index (χ1v) is 10.0. The molecule has 0 spiro atoms. The van der Waals surface area contributed by atoms with Crippen molar-refractivity contribution in [3.05, 3.63) is 47.3 Å². The fourth-order valence-electron chi connectivity index (χ4n) is 3.59. The predicted octanol–water partition coefficient (Wildman–Crippen LogP) is 3.15. The van der Waals surface area contributed by atoms with Crippen molar-refractivity contribution in [3.63, 3.8) is 0 Å². The van der Waals surface area contributed by atoms with Crippen molar-refractivity contribution in [2.45, 2.75) is 40.3 Å². The number of esters is 1. The van der Waals surface area contributed by atoms with Crippen molar-refractivity contribution < 1.29 is 19.1 Å². The summed E-state index contributed by atoms with van der Waals surface area (Å²) in [7, 11) is 0. The molecule has 0 saturated carbocycles. The van der Waals surface area contributed by atoms with Crippen LogP contribution in [0.3, 0.4) is 0 Å². The summed E-state index contributed by atoms with van der Waals surface area (Å²) in [6.45, 7) is 11.4. The number of anilines is 2. The van der Waals surface area contributed by atoms with Crippen LogP contribution >= 0.6 is 0 Å². The average Bonchev–Trinajstić information content (AvgIpc) is 3.02. The van der Waals surface area contributed by atoms with Crippen molar-refractivity contribution in [1.29, 1.82) is 0 Å². The molecule has 1 N–H and O–H groups in total. The van der Waals surface area contributed by atoms with Gasteiger partial charge in [-0.15, -0.1) is 0 Å². The number of benzene rings is 1. The Labute approximate surface area is 171 Å². The molecule has 0 bridgehead atoms. The van der Waals surface area contributed by atoms with E-state index in [9.17, 15) is 9.59 Å². The van der Waals surface area contributed by atoms with E-state index in [2.05, 4.69) is 10.2 Å². The maximum absolute atomic E-state index is 12.5. The normalized spacial score (nSPS) is 15.1. The van der Waals surface area contributed by atoms with Gasteiger partial charge in [-0.25, -0.2) is 4.79 Å². The lowest BCUT2D eigenvalue weighted by atomic mass is 10.2. The van der Waals surface area contributed by atoms with Crippen LogP contribution in [0.5, 0.6) is 0 Å². The van der Waals surface area contributed by atoms with Crippen LogP contribution in [-0.4, -0.2) is 48.9 Å². The molecule has 29 heavy (non-hydrogen) atoms. The summed E-state index contributed by atoms with van der Waals surface area (Å²) in [6, 6.07) is 9.45. The molecule has 1 saturated heterocycles. The Bertz CT molecular complexity index is 867. The third-order valence-electron chi connectivity index (χ3n) is 5.27. The molecule has 0 aliphatic carbocycles. The quantitative estimate of drug-likeness (QED) is 0.756. The SMILES string of the molecule is CCn1c(C)cc(C(=O)O[C@H](C)C(=O)Nc2ccc(N3CCOCC3)cc2)c1C. The number of ether oxygens (including phenoxy) is 2. The van der Waals surface area contributed by atoms with Gasteiger partial charge in [-0.3, -0.25) is 4.79 Å². The number of hydrogen-bond acceptors (Lipinski definition) is 5. The minimum atomic E-state index is -0.897. The number of rotatable bonds is 6. The van der Waals surface area contributed by atoms with Gasteiger partial charge in [-0.1, -0.05) is 0 Å². The summed E-state index contributed by atoms with van der Waals surface area (Å²) >= 11 is 0. The summed E-state index contributed by atoms with van der Waals surface area (Å²) in [4.78, 5) is 27.2. The smallest absolute Gasteiger partial charge is 0.340 e. The summed E-state index contributed by atoms with van der Waals surface area (Å²) < 4.78 is 12.8. The van der Waals surface area contributed by atoms with Gasteiger partial charge in [0.1, 0.15) is 0 Å². The minimum absolute atomic E-state index is 0.359. The third kappa shape index (κ3) is 4.79. The summed E-state index contributed by atoms with van der Waals surface area (Å²) in [6.07, 6.45) is -0.897. The van der Waals surface area contributed by atoms with Crippen molar-refractivity contribution in [1.82, 2.24) is 4.57 Å². The second kappa shape index (κ2) is 9.13. The fourth-order valence-corrected chi connectivity index (χ4v) is 3.59. The number of nitrogens with zero attached hydrogens (tertiary/aromatic N) is 2. The van der Waals surface area contributed by atoms with Crippen LogP contribution in [-0.2, 0) is 20.8 Å². The largest absolute Gasteiger partial charge is 0.449 e. The molecule has 0 radical (unpaired) electrons. The zero-order valence-corrected chi connectivity index (χ0v) is 17.5. The van der Waals surface area contributed by atoms with Crippen molar-refractivity contribution in [3.8, 4) is 0 Å². The number of aryl methyl sites for hydroxylation is 1. The standard InChI is InChI=1S/C22H29N3O4/c1-5-25-15(2)14-20(16(25)3)22(27)29-17(4)21(26)23-18-6-8-19(9-7-18)24-10-12-28-13-11-24/h6-9,14,17H,5,10-13H2,1-4H3,(H,23,26)/t17-/m1/s1. The van der Waals surface area contributed by atoms with Crippen molar-refractivity contribution >= 4 is 23.3 Å². The Morgan fingerprint density at radius 3 is 2.41 bits per heavy atom. The highest BCUT2D eigenvalue weighted by molar-refractivity contribution is 5.97. The number of carbonyl (C=O) groups excluding carboxylic acids is 2. The maximum atomic E-state index is 12.5. The number of amides is 1. The molecule has 1 aromatic carbocycles. The topological polar surface area (TPSA) is 72.8 Å². The third-order valence-corrected chi connectivity index (χ3v) is 5.27. The highest BCUT2D eigenvalue weighted by Gasteiger charge is 2.22. The molecule has 7 heteroatoms. The monoisotopic (exact) mass is 399 g/mol. The number of aromatic nitrogens is 1. The first kappa shape index (κ1) is 20.9. The Balaban J connectivity index is 1.58. The van der Waals surface area contributed by atoms with E-state index in [0.29, 0.717) is 11.3 Å². The van der Waals surface area contributed by atoms with Crippen LogP contribution < -0.4 is 10.2 Å². The van der Waals surface area contributed by atoms with Gasteiger partial charge in [0.15, 0.2) is 6.10 Å². The van der Waals surface area contributed by atoms with Gasteiger partial charge in [-0.05, 0) is 58.0 Å². The van der Waals surface area contributed by atoms with E-state index in [1.807, 2.05) is 49.6 Å². The lowest BCUT2D eigenvalue weighted by Gasteiger charge is -2.28. The number of morpholine rings is 1. The zero-order chi connectivity index (χ0) is 21.0. The van der Waals surface area contributed by atoms with Crippen LogP contribution in [0.2, 0.25) is 0 Å². The molecule has 1 fully saturated rings. The molecule has 0 unspecified atom stereocenters. The Kier molecular flexibility index (Phi) is 6.59. The molecule has 3 rings (SSSR count). The second-order valence-electron chi connectivity index (χ2n) is 7.21. The molecule has 2 aromatic rings. The van der Waals surface area contributed by atoms with Gasteiger partial charge in [0.2, 0.25) is 0 Å². The second-order valence-corrected chi connectivity index (χ2v) is 7.21. The van der Waals surface area contributed by atoms with E-state index in [-0.39, 0.29) is 5.91 Å². The van der Waals surface area contributed by atoms with Crippen LogP contribution in [0, 0.1) is 13.8 Å². The molecule has 1 amide bonds. The summed E-state index contributed by atoms with van der Waals surface area (Å²) in [5, 5.41) is 2.81. The van der Waals surface area contributed by atoms with E-state index in [0.717, 1.165) is 49.9 Å². The van der Waals surface area contributed by atoms with Gasteiger partial charge in [0, 0.05) is 42.4 Å². The van der Waals surface area contributed by atoms with Crippen LogP contribution in [0.25, 0.3) is 0 Å². The minimum Gasteiger partial charge on any atom is -0.449 e. The number of carbonyl (C=O) groups is 2. The van der Waals surface area contributed by atoms with Crippen LogP contribution in [0.15, 0.2) is 30.3 Å². The van der Waals surface area contributed by atoms with Gasteiger partial charge >= 0.3 is 5.97 Å². The molecule has 1 atom stereocenters. The first-order valence-electron chi connectivity index (χ1n) is 10.0. The van der Waals surface area contributed by atoms with E-state index in [1.165, 1.54) is 0 Å². The number of nitrogens with one attached hydrogen (secondary N) is 1. The van der Waals surface area contributed by atoms with Gasteiger partial charge in [-0.2, -0.15) is 0 Å². The van der Waals surface area contributed by atoms with Gasteiger partial charge in [0.25, 0.3) is 5.91 Å². The highest BCUT2D eigenvalue weighted by atomic mass is 16.5. The van der Waals surface area contributed by atoms with E-state index in [1.54, 1.807) is 13.0 Å². The molecule has 156 valence electrons. The first-order chi connectivity index (χ1) is 13.9. The molecular weight excluding hydrogens is 370 g/mol. The fraction of sp³-hybridized carbons (Fsp3) is 0.455. The molecule has 2 heterocycles. The molecule has 1 aliphatic rings. The van der Waals surface area contributed by atoms with Crippen LogP contribution in [0.1, 0.15) is 35.6 Å². The molecule has 1 aliphatic heterocycles. The molecule has 1 aromatic heterocycles. The van der Waals surface area contributed by atoms with E-state index >= 15 is 0 Å². The Morgan fingerprint density at radius 1 is 1.17 bits per heavy atom. The number of hydrogen-bond donors (Lipinski definition) is 1. The van der Waals surface area contributed by atoms with Gasteiger partial charge in [0.05, 0.1) is 18.8 Å². The summed E-state index contributed by atoms with van der Waals surface area (Å²) in [5.74, 6) is -0.843. The van der Waals surface area contributed by atoms with E-state index < -0.39 is 12.1 Å². The maximum Gasteiger partial charge on any atom is 0.340 e.